The quantitative estimate of drug-likeness (QED) is 0.552. The number of rotatable bonds is 8. The summed E-state index contributed by atoms with van der Waals surface area (Å²) in [6.45, 7) is 4.38. The molecule has 0 spiro atoms. The van der Waals surface area contributed by atoms with Gasteiger partial charge in [0.15, 0.2) is 0 Å². The van der Waals surface area contributed by atoms with Gasteiger partial charge in [-0.2, -0.15) is 0 Å². The molecule has 1 fully saturated rings. The van der Waals surface area contributed by atoms with Crippen molar-refractivity contribution in [2.45, 2.75) is 37.8 Å². The third-order valence-electron chi connectivity index (χ3n) is 6.75. The van der Waals surface area contributed by atoms with E-state index in [4.69, 9.17) is 0 Å². The number of carbonyl (C=O) groups excluding carboxylic acids is 1. The minimum atomic E-state index is -0.363. The van der Waals surface area contributed by atoms with Crippen molar-refractivity contribution in [2.24, 2.45) is 0 Å². The zero-order valence-corrected chi connectivity index (χ0v) is 19.6. The first kappa shape index (κ1) is 23.2. The number of hydrogen-bond donors (Lipinski definition) is 1. The summed E-state index contributed by atoms with van der Waals surface area (Å²) in [7, 11) is 1.93. The Balaban J connectivity index is 1.69. The van der Waals surface area contributed by atoms with Crippen molar-refractivity contribution in [3.05, 3.63) is 107 Å². The molecule has 4 heteroatoms. The second-order valence-electron chi connectivity index (χ2n) is 9.02. The lowest BCUT2D eigenvalue weighted by atomic mass is 9.89. The van der Waals surface area contributed by atoms with Gasteiger partial charge in [0.2, 0.25) is 5.91 Å². The average Bonchev–Trinajstić information content (AvgIpc) is 3.28. The summed E-state index contributed by atoms with van der Waals surface area (Å²) in [6.07, 6.45) is 1.46. The molecule has 33 heavy (non-hydrogen) atoms. The zero-order valence-electron chi connectivity index (χ0n) is 19.6. The third kappa shape index (κ3) is 5.52. The Morgan fingerprint density at radius 1 is 0.970 bits per heavy atom. The van der Waals surface area contributed by atoms with Crippen LogP contribution in [0.1, 0.15) is 47.6 Å². The molecule has 1 aliphatic heterocycles. The lowest BCUT2D eigenvalue weighted by Crippen LogP contribution is -2.41. The van der Waals surface area contributed by atoms with E-state index in [1.54, 1.807) is 0 Å². The molecule has 0 bridgehead atoms. The molecule has 2 atom stereocenters. The van der Waals surface area contributed by atoms with Crippen molar-refractivity contribution in [1.82, 2.24) is 9.80 Å². The Morgan fingerprint density at radius 2 is 1.58 bits per heavy atom. The van der Waals surface area contributed by atoms with E-state index in [9.17, 15) is 9.90 Å². The topological polar surface area (TPSA) is 43.8 Å². The van der Waals surface area contributed by atoms with Crippen molar-refractivity contribution >= 4 is 5.91 Å². The molecule has 4 rings (SSSR count). The van der Waals surface area contributed by atoms with Gasteiger partial charge in [-0.15, -0.1) is 0 Å². The molecule has 1 aliphatic rings. The lowest BCUT2D eigenvalue weighted by Gasteiger charge is -2.35. The summed E-state index contributed by atoms with van der Waals surface area (Å²) in [5, 5.41) is 10.1. The molecular weight excluding hydrogens is 408 g/mol. The average molecular weight is 443 g/mol. The van der Waals surface area contributed by atoms with E-state index >= 15 is 0 Å². The van der Waals surface area contributed by atoms with Crippen molar-refractivity contribution in [2.75, 3.05) is 26.7 Å². The molecule has 1 heterocycles. The molecule has 1 amide bonds. The number of β-amino-alcohol motifs (C(OH)–C–C–N with tert-alkyl or cyclic N) is 1. The fourth-order valence-corrected chi connectivity index (χ4v) is 4.82. The Labute approximate surface area is 197 Å². The Morgan fingerprint density at radius 3 is 2.12 bits per heavy atom. The van der Waals surface area contributed by atoms with Gasteiger partial charge in [-0.1, -0.05) is 91.9 Å². The van der Waals surface area contributed by atoms with Crippen LogP contribution in [0.2, 0.25) is 0 Å². The smallest absolute Gasteiger partial charge is 0.234 e. The van der Waals surface area contributed by atoms with Crippen LogP contribution in [-0.2, 0) is 11.2 Å². The van der Waals surface area contributed by atoms with E-state index in [1.807, 2.05) is 72.6 Å². The molecule has 4 nitrogen and oxygen atoms in total. The Hall–Kier alpha value is -2.95. The van der Waals surface area contributed by atoms with Gasteiger partial charge in [0, 0.05) is 26.7 Å². The van der Waals surface area contributed by atoms with Gasteiger partial charge in [-0.3, -0.25) is 9.69 Å². The van der Waals surface area contributed by atoms with E-state index in [2.05, 4.69) is 36.1 Å². The number of aryl methyl sites for hydroxylation is 1. The lowest BCUT2D eigenvalue weighted by molar-refractivity contribution is -0.133. The van der Waals surface area contributed by atoms with E-state index in [0.717, 1.165) is 36.1 Å². The van der Waals surface area contributed by atoms with Crippen molar-refractivity contribution in [3.8, 4) is 0 Å². The second kappa shape index (κ2) is 10.8. The van der Waals surface area contributed by atoms with E-state index in [0.29, 0.717) is 13.1 Å². The number of amides is 1. The fraction of sp³-hybridized carbons (Fsp3) is 0.345. The van der Waals surface area contributed by atoms with Gasteiger partial charge in [-0.05, 0) is 35.1 Å². The number of likely N-dealkylation sites (tertiary alicyclic amines) is 1. The molecule has 172 valence electrons. The van der Waals surface area contributed by atoms with Crippen LogP contribution >= 0.6 is 0 Å². The molecule has 3 aromatic rings. The van der Waals surface area contributed by atoms with Gasteiger partial charge < -0.3 is 10.0 Å². The van der Waals surface area contributed by atoms with Crippen molar-refractivity contribution in [3.63, 3.8) is 0 Å². The summed E-state index contributed by atoms with van der Waals surface area (Å²) in [4.78, 5) is 18.3. The number of hydrogen-bond acceptors (Lipinski definition) is 3. The third-order valence-corrected chi connectivity index (χ3v) is 6.75. The highest BCUT2D eigenvalue weighted by molar-refractivity contribution is 5.87. The van der Waals surface area contributed by atoms with Crippen LogP contribution < -0.4 is 0 Å². The molecule has 1 N–H and O–H groups in total. The first-order chi connectivity index (χ1) is 16.1. The molecule has 3 aromatic carbocycles. The molecule has 0 aromatic heterocycles. The summed E-state index contributed by atoms with van der Waals surface area (Å²) < 4.78 is 0. The van der Waals surface area contributed by atoms with Crippen LogP contribution in [0.3, 0.4) is 0 Å². The number of likely N-dealkylation sites (N-methyl/N-ethyl adjacent to an activating group) is 1. The van der Waals surface area contributed by atoms with Crippen LogP contribution in [0.4, 0.5) is 0 Å². The standard InChI is InChI=1S/C29H34N2O2/c1-3-22-11-10-16-25(19-22)27(21-31-18-17-26(32)20-31)30(2)29(33)28(23-12-6-4-7-13-23)24-14-8-5-9-15-24/h4-16,19,26-28,32H,3,17-18,20-21H2,1-2H3/t26-,27?/m0/s1. The predicted molar refractivity (Wildman–Crippen MR) is 133 cm³/mol. The van der Waals surface area contributed by atoms with Gasteiger partial charge in [-0.25, -0.2) is 0 Å². The number of benzene rings is 3. The molecule has 1 unspecified atom stereocenters. The molecule has 0 radical (unpaired) electrons. The van der Waals surface area contributed by atoms with Crippen LogP contribution in [-0.4, -0.2) is 53.6 Å². The van der Waals surface area contributed by atoms with Gasteiger partial charge >= 0.3 is 0 Å². The highest BCUT2D eigenvalue weighted by Crippen LogP contribution is 2.31. The first-order valence-electron chi connectivity index (χ1n) is 11.9. The van der Waals surface area contributed by atoms with Crippen molar-refractivity contribution < 1.29 is 9.90 Å². The highest BCUT2D eigenvalue weighted by Gasteiger charge is 2.32. The van der Waals surface area contributed by atoms with Crippen molar-refractivity contribution in [1.29, 1.82) is 0 Å². The maximum absolute atomic E-state index is 14.1. The predicted octanol–water partition coefficient (Wildman–Crippen LogP) is 4.65. The molecular formula is C29H34N2O2. The number of carbonyl (C=O) groups is 1. The maximum Gasteiger partial charge on any atom is 0.234 e. The second-order valence-corrected chi connectivity index (χ2v) is 9.02. The summed E-state index contributed by atoms with van der Waals surface area (Å²) in [5.41, 5.74) is 4.41. The SMILES string of the molecule is CCc1cccc(C(CN2CC[C@H](O)C2)N(C)C(=O)C(c2ccccc2)c2ccccc2)c1. The Kier molecular flexibility index (Phi) is 7.58. The summed E-state index contributed by atoms with van der Waals surface area (Å²) >= 11 is 0. The molecule has 0 aliphatic carbocycles. The molecule has 1 saturated heterocycles. The van der Waals surface area contributed by atoms with Gasteiger partial charge in [0.25, 0.3) is 0 Å². The first-order valence-corrected chi connectivity index (χ1v) is 11.9. The zero-order chi connectivity index (χ0) is 23.2. The van der Waals surface area contributed by atoms with E-state index < -0.39 is 0 Å². The highest BCUT2D eigenvalue weighted by atomic mass is 16.3. The van der Waals surface area contributed by atoms with E-state index in [1.165, 1.54) is 5.56 Å². The molecule has 0 saturated carbocycles. The Bertz CT molecular complexity index is 998. The maximum atomic E-state index is 14.1. The number of nitrogens with zero attached hydrogens (tertiary/aromatic N) is 2. The van der Waals surface area contributed by atoms with E-state index in [-0.39, 0.29) is 24.0 Å². The van der Waals surface area contributed by atoms with Gasteiger partial charge in [0.1, 0.15) is 0 Å². The van der Waals surface area contributed by atoms with Crippen LogP contribution in [0, 0.1) is 0 Å². The minimum Gasteiger partial charge on any atom is -0.392 e. The summed E-state index contributed by atoms with van der Waals surface area (Å²) in [5.74, 6) is -0.280. The number of aliphatic hydroxyl groups excluding tert-OH is 1. The number of aliphatic hydroxyl groups is 1. The van der Waals surface area contributed by atoms with Crippen LogP contribution in [0.15, 0.2) is 84.9 Å². The normalized spacial score (nSPS) is 17.3. The fourth-order valence-electron chi connectivity index (χ4n) is 4.82. The van der Waals surface area contributed by atoms with Gasteiger partial charge in [0.05, 0.1) is 18.1 Å². The van der Waals surface area contributed by atoms with Crippen LogP contribution in [0.5, 0.6) is 0 Å². The van der Waals surface area contributed by atoms with Crippen LogP contribution in [0.25, 0.3) is 0 Å². The minimum absolute atomic E-state index is 0.0825. The largest absolute Gasteiger partial charge is 0.392 e. The monoisotopic (exact) mass is 442 g/mol. The summed E-state index contributed by atoms with van der Waals surface area (Å²) in [6, 6.07) is 28.6.